The number of benzene rings is 1. The molecule has 1 aromatic rings. The molecule has 0 bridgehead atoms. The van der Waals surface area contributed by atoms with E-state index in [2.05, 4.69) is 27.5 Å². The SMILES string of the molecule is CN1[C@@H](CCC(=O)Nc2ccccc2)CNC(=O)[C@@H]2[C@@H]1CCN2C1CCOCC1. The van der Waals surface area contributed by atoms with Crippen molar-refractivity contribution in [3.05, 3.63) is 30.3 Å². The number of ether oxygens (including phenoxy) is 1. The van der Waals surface area contributed by atoms with E-state index in [-0.39, 0.29) is 29.9 Å². The van der Waals surface area contributed by atoms with Crippen molar-refractivity contribution in [2.24, 2.45) is 0 Å². The molecule has 0 aliphatic carbocycles. The minimum absolute atomic E-state index is 0.0203. The fraction of sp³-hybridized carbons (Fsp3) is 0.636. The van der Waals surface area contributed by atoms with Gasteiger partial charge in [0.05, 0.1) is 0 Å². The zero-order valence-electron chi connectivity index (χ0n) is 17.2. The lowest BCUT2D eigenvalue weighted by Gasteiger charge is -2.37. The summed E-state index contributed by atoms with van der Waals surface area (Å²) in [6.07, 6.45) is 4.18. The molecule has 7 nitrogen and oxygen atoms in total. The van der Waals surface area contributed by atoms with E-state index >= 15 is 0 Å². The third-order valence-corrected chi connectivity index (χ3v) is 6.71. The molecule has 29 heavy (non-hydrogen) atoms. The van der Waals surface area contributed by atoms with Crippen LogP contribution in [0.3, 0.4) is 0 Å². The molecule has 3 aliphatic heterocycles. The summed E-state index contributed by atoms with van der Waals surface area (Å²) in [4.78, 5) is 30.0. The molecule has 7 heteroatoms. The Kier molecular flexibility index (Phi) is 6.47. The van der Waals surface area contributed by atoms with E-state index in [1.807, 2.05) is 30.3 Å². The number of hydrogen-bond donors (Lipinski definition) is 2. The van der Waals surface area contributed by atoms with E-state index in [1.165, 1.54) is 0 Å². The molecular formula is C22H32N4O3. The van der Waals surface area contributed by atoms with Crippen molar-refractivity contribution in [3.8, 4) is 0 Å². The zero-order chi connectivity index (χ0) is 20.2. The first kappa shape index (κ1) is 20.3. The van der Waals surface area contributed by atoms with Crippen LogP contribution in [0.25, 0.3) is 0 Å². The number of likely N-dealkylation sites (N-methyl/N-ethyl adjacent to an activating group) is 1. The molecular weight excluding hydrogens is 368 g/mol. The molecule has 4 rings (SSSR count). The predicted molar refractivity (Wildman–Crippen MR) is 112 cm³/mol. The van der Waals surface area contributed by atoms with Gasteiger partial charge >= 0.3 is 0 Å². The molecule has 2 amide bonds. The summed E-state index contributed by atoms with van der Waals surface area (Å²) in [5.41, 5.74) is 0.822. The summed E-state index contributed by atoms with van der Waals surface area (Å²) in [5, 5.41) is 6.11. The number of nitrogens with zero attached hydrogens (tertiary/aromatic N) is 2. The smallest absolute Gasteiger partial charge is 0.239 e. The lowest BCUT2D eigenvalue weighted by Crippen LogP contribution is -2.53. The standard InChI is InChI=1S/C22H32N4O3/c1-25-18(7-8-20(27)24-16-5-3-2-4-6-16)15-23-22(28)21-19(25)9-12-26(21)17-10-13-29-14-11-17/h2-6,17-19,21H,7-15H2,1H3,(H,23,28)(H,24,27)/t18-,19-,21-/m0/s1. The molecule has 0 aromatic heterocycles. The highest BCUT2D eigenvalue weighted by molar-refractivity contribution is 5.90. The van der Waals surface area contributed by atoms with Crippen molar-refractivity contribution < 1.29 is 14.3 Å². The molecule has 1 aromatic carbocycles. The van der Waals surface area contributed by atoms with Gasteiger partial charge in [0.15, 0.2) is 0 Å². The quantitative estimate of drug-likeness (QED) is 0.783. The maximum atomic E-state index is 12.9. The number of carbonyl (C=O) groups excluding carboxylic acids is 2. The van der Waals surface area contributed by atoms with Crippen LogP contribution in [0.5, 0.6) is 0 Å². The van der Waals surface area contributed by atoms with Crippen LogP contribution in [0.15, 0.2) is 30.3 Å². The molecule has 2 N–H and O–H groups in total. The van der Waals surface area contributed by atoms with Crippen molar-refractivity contribution in [3.63, 3.8) is 0 Å². The largest absolute Gasteiger partial charge is 0.381 e. The van der Waals surface area contributed by atoms with Gasteiger partial charge in [-0.2, -0.15) is 0 Å². The third-order valence-electron chi connectivity index (χ3n) is 6.71. The second-order valence-corrected chi connectivity index (χ2v) is 8.40. The normalized spacial score (nSPS) is 29.1. The minimum atomic E-state index is -0.0914. The molecule has 0 spiro atoms. The summed E-state index contributed by atoms with van der Waals surface area (Å²) in [6.45, 7) is 3.13. The van der Waals surface area contributed by atoms with Crippen molar-refractivity contribution in [1.82, 2.24) is 15.1 Å². The lowest BCUT2D eigenvalue weighted by molar-refractivity contribution is -0.127. The topological polar surface area (TPSA) is 73.9 Å². The van der Waals surface area contributed by atoms with Crippen LogP contribution in [0, 0.1) is 0 Å². The van der Waals surface area contributed by atoms with Crippen LogP contribution in [-0.4, -0.2) is 79.1 Å². The van der Waals surface area contributed by atoms with Crippen molar-refractivity contribution >= 4 is 17.5 Å². The Bertz CT molecular complexity index is 707. The Hall–Kier alpha value is -1.96. The number of nitrogens with one attached hydrogen (secondary N) is 2. The van der Waals surface area contributed by atoms with Gasteiger partial charge in [0, 0.05) is 56.5 Å². The van der Waals surface area contributed by atoms with E-state index in [4.69, 9.17) is 4.74 Å². The number of hydrogen-bond acceptors (Lipinski definition) is 5. The Balaban J connectivity index is 1.36. The van der Waals surface area contributed by atoms with E-state index in [9.17, 15) is 9.59 Å². The Morgan fingerprint density at radius 3 is 2.72 bits per heavy atom. The van der Waals surface area contributed by atoms with E-state index in [0.29, 0.717) is 19.0 Å². The average Bonchev–Trinajstić information content (AvgIpc) is 3.15. The molecule has 3 atom stereocenters. The minimum Gasteiger partial charge on any atom is -0.381 e. The average molecular weight is 401 g/mol. The molecule has 3 fully saturated rings. The summed E-state index contributed by atoms with van der Waals surface area (Å²) < 4.78 is 5.51. The number of amides is 2. The number of fused-ring (bicyclic) bond motifs is 1. The van der Waals surface area contributed by atoms with Gasteiger partial charge < -0.3 is 15.4 Å². The molecule has 3 heterocycles. The van der Waals surface area contributed by atoms with E-state index in [0.717, 1.165) is 51.1 Å². The molecule has 0 radical (unpaired) electrons. The highest BCUT2D eigenvalue weighted by atomic mass is 16.5. The van der Waals surface area contributed by atoms with Crippen LogP contribution < -0.4 is 10.6 Å². The maximum Gasteiger partial charge on any atom is 0.239 e. The number of anilines is 1. The zero-order valence-corrected chi connectivity index (χ0v) is 17.2. The number of rotatable bonds is 5. The van der Waals surface area contributed by atoms with Crippen LogP contribution in [-0.2, 0) is 14.3 Å². The summed E-state index contributed by atoms with van der Waals surface area (Å²) in [6, 6.07) is 10.3. The van der Waals surface area contributed by atoms with Crippen LogP contribution in [0.2, 0.25) is 0 Å². The first-order valence-corrected chi connectivity index (χ1v) is 10.8. The van der Waals surface area contributed by atoms with Crippen LogP contribution in [0.1, 0.15) is 32.1 Å². The van der Waals surface area contributed by atoms with E-state index in [1.54, 1.807) is 0 Å². The molecule has 0 saturated carbocycles. The molecule has 158 valence electrons. The lowest BCUT2D eigenvalue weighted by atomic mass is 10.0. The Labute approximate surface area is 172 Å². The van der Waals surface area contributed by atoms with Gasteiger partial charge in [-0.1, -0.05) is 18.2 Å². The van der Waals surface area contributed by atoms with Gasteiger partial charge in [0.1, 0.15) is 6.04 Å². The molecule has 3 aliphatic rings. The van der Waals surface area contributed by atoms with Gasteiger partial charge in [-0.25, -0.2) is 0 Å². The van der Waals surface area contributed by atoms with Gasteiger partial charge in [-0.15, -0.1) is 0 Å². The second kappa shape index (κ2) is 9.24. The predicted octanol–water partition coefficient (Wildman–Crippen LogP) is 1.46. The maximum absolute atomic E-state index is 12.9. The number of carbonyl (C=O) groups is 2. The number of para-hydroxylation sites is 1. The van der Waals surface area contributed by atoms with E-state index < -0.39 is 0 Å². The first-order valence-electron chi connectivity index (χ1n) is 10.8. The monoisotopic (exact) mass is 400 g/mol. The van der Waals surface area contributed by atoms with Gasteiger partial charge in [-0.05, 0) is 44.9 Å². The Morgan fingerprint density at radius 1 is 1.21 bits per heavy atom. The van der Waals surface area contributed by atoms with Crippen molar-refractivity contribution in [2.75, 3.05) is 38.7 Å². The van der Waals surface area contributed by atoms with Gasteiger partial charge in [0.2, 0.25) is 11.8 Å². The van der Waals surface area contributed by atoms with Gasteiger partial charge in [0.25, 0.3) is 0 Å². The van der Waals surface area contributed by atoms with Crippen LogP contribution in [0.4, 0.5) is 5.69 Å². The fourth-order valence-corrected chi connectivity index (χ4v) is 5.06. The van der Waals surface area contributed by atoms with Crippen molar-refractivity contribution in [1.29, 1.82) is 0 Å². The summed E-state index contributed by atoms with van der Waals surface area (Å²) >= 11 is 0. The first-order chi connectivity index (χ1) is 14.1. The van der Waals surface area contributed by atoms with Gasteiger partial charge in [-0.3, -0.25) is 19.4 Å². The highest BCUT2D eigenvalue weighted by Gasteiger charge is 2.47. The highest BCUT2D eigenvalue weighted by Crippen LogP contribution is 2.31. The Morgan fingerprint density at radius 2 is 1.97 bits per heavy atom. The second-order valence-electron chi connectivity index (χ2n) is 8.40. The molecule has 0 unspecified atom stereocenters. The molecule has 3 saturated heterocycles. The summed E-state index contributed by atoms with van der Waals surface area (Å²) in [7, 11) is 2.12. The van der Waals surface area contributed by atoms with Crippen molar-refractivity contribution in [2.45, 2.75) is 56.3 Å². The third kappa shape index (κ3) is 4.63. The fourth-order valence-electron chi connectivity index (χ4n) is 5.06. The van der Waals surface area contributed by atoms with Crippen LogP contribution >= 0.6 is 0 Å². The summed E-state index contributed by atoms with van der Waals surface area (Å²) in [5.74, 6) is 0.161. The number of likely N-dealkylation sites (tertiary alicyclic amines) is 1.